The minimum atomic E-state index is 0.589. The number of nitrogens with one attached hydrogen (secondary N) is 1. The summed E-state index contributed by atoms with van der Waals surface area (Å²) in [6.45, 7) is 0. The standard InChI is InChI=1S/C18H16N4OS/c1-22-15-5-7-19-18(21-13-3-4-17(23-2)20-10-13)14(15)9-16(22)12-6-8-24-11-12/h3-11H,1-2H3,(H,19,21). The summed E-state index contributed by atoms with van der Waals surface area (Å²) in [6.07, 6.45) is 3.56. The van der Waals surface area contributed by atoms with Gasteiger partial charge in [-0.3, -0.25) is 0 Å². The van der Waals surface area contributed by atoms with Gasteiger partial charge in [0.25, 0.3) is 0 Å². The van der Waals surface area contributed by atoms with Gasteiger partial charge in [0.05, 0.1) is 24.5 Å². The fraction of sp³-hybridized carbons (Fsp3) is 0.111. The lowest BCUT2D eigenvalue weighted by molar-refractivity contribution is 0.398. The second kappa shape index (κ2) is 5.98. The van der Waals surface area contributed by atoms with Gasteiger partial charge in [0.2, 0.25) is 5.88 Å². The number of aryl methyl sites for hydroxylation is 1. The molecule has 0 saturated carbocycles. The van der Waals surface area contributed by atoms with Crippen molar-refractivity contribution in [1.29, 1.82) is 0 Å². The number of fused-ring (bicyclic) bond motifs is 1. The van der Waals surface area contributed by atoms with Crippen molar-refractivity contribution < 1.29 is 4.74 Å². The predicted octanol–water partition coefficient (Wildman–Crippen LogP) is 4.45. The molecule has 0 atom stereocenters. The number of methoxy groups -OCH3 is 1. The molecule has 0 aliphatic heterocycles. The van der Waals surface area contributed by atoms with Gasteiger partial charge in [-0.15, -0.1) is 0 Å². The number of hydrogen-bond acceptors (Lipinski definition) is 5. The van der Waals surface area contributed by atoms with E-state index in [0.717, 1.165) is 22.4 Å². The van der Waals surface area contributed by atoms with Crippen LogP contribution in [0.5, 0.6) is 5.88 Å². The molecule has 24 heavy (non-hydrogen) atoms. The van der Waals surface area contributed by atoms with Crippen LogP contribution in [0.3, 0.4) is 0 Å². The van der Waals surface area contributed by atoms with Crippen molar-refractivity contribution >= 4 is 33.7 Å². The number of nitrogens with zero attached hydrogens (tertiary/aromatic N) is 3. The Bertz CT molecular complexity index is 974. The van der Waals surface area contributed by atoms with Crippen LogP contribution in [-0.4, -0.2) is 21.6 Å². The van der Waals surface area contributed by atoms with E-state index in [1.54, 1.807) is 24.6 Å². The summed E-state index contributed by atoms with van der Waals surface area (Å²) in [5.74, 6) is 1.41. The maximum atomic E-state index is 5.09. The Kier molecular flexibility index (Phi) is 3.66. The first kappa shape index (κ1) is 14.7. The molecule has 0 bridgehead atoms. The van der Waals surface area contributed by atoms with E-state index in [2.05, 4.69) is 49.8 Å². The number of anilines is 2. The van der Waals surface area contributed by atoms with Crippen molar-refractivity contribution in [2.45, 2.75) is 0 Å². The van der Waals surface area contributed by atoms with Crippen molar-refractivity contribution in [2.75, 3.05) is 12.4 Å². The number of aromatic nitrogens is 3. The molecule has 5 nitrogen and oxygen atoms in total. The first-order valence-corrected chi connectivity index (χ1v) is 8.44. The van der Waals surface area contributed by atoms with Gasteiger partial charge in [0.1, 0.15) is 5.82 Å². The van der Waals surface area contributed by atoms with E-state index in [4.69, 9.17) is 4.74 Å². The summed E-state index contributed by atoms with van der Waals surface area (Å²) in [7, 11) is 3.68. The molecule has 6 heteroatoms. The smallest absolute Gasteiger partial charge is 0.213 e. The second-order valence-corrected chi connectivity index (χ2v) is 6.19. The molecule has 0 amide bonds. The molecule has 0 saturated heterocycles. The average molecular weight is 336 g/mol. The van der Waals surface area contributed by atoms with Crippen LogP contribution in [0, 0.1) is 0 Å². The lowest BCUT2D eigenvalue weighted by Crippen LogP contribution is -1.96. The third-order valence-corrected chi connectivity index (χ3v) is 4.68. The summed E-state index contributed by atoms with van der Waals surface area (Å²) in [5.41, 5.74) is 4.40. The maximum absolute atomic E-state index is 5.09. The molecule has 0 spiro atoms. The molecular formula is C18H16N4OS. The van der Waals surface area contributed by atoms with Gasteiger partial charge in [-0.05, 0) is 29.6 Å². The number of ether oxygens (including phenoxy) is 1. The number of thiophene rings is 1. The normalized spacial score (nSPS) is 10.9. The summed E-state index contributed by atoms with van der Waals surface area (Å²) >= 11 is 1.70. The highest BCUT2D eigenvalue weighted by Gasteiger charge is 2.12. The number of rotatable bonds is 4. The summed E-state index contributed by atoms with van der Waals surface area (Å²) in [4.78, 5) is 8.72. The minimum absolute atomic E-state index is 0.589. The first-order valence-electron chi connectivity index (χ1n) is 7.50. The molecule has 120 valence electrons. The molecule has 4 aromatic heterocycles. The van der Waals surface area contributed by atoms with E-state index in [1.807, 2.05) is 24.4 Å². The van der Waals surface area contributed by atoms with E-state index in [-0.39, 0.29) is 0 Å². The van der Waals surface area contributed by atoms with Crippen molar-refractivity contribution in [3.8, 4) is 17.1 Å². The van der Waals surface area contributed by atoms with Gasteiger partial charge >= 0.3 is 0 Å². The summed E-state index contributed by atoms with van der Waals surface area (Å²) in [6, 6.07) is 10.1. The quantitative estimate of drug-likeness (QED) is 0.598. The molecule has 0 aliphatic rings. The van der Waals surface area contributed by atoms with Crippen LogP contribution < -0.4 is 10.1 Å². The van der Waals surface area contributed by atoms with Crippen LogP contribution in [0.25, 0.3) is 22.2 Å². The van der Waals surface area contributed by atoms with Crippen molar-refractivity contribution in [3.05, 3.63) is 53.5 Å². The lowest BCUT2D eigenvalue weighted by atomic mass is 10.2. The topological polar surface area (TPSA) is 52.0 Å². The Balaban J connectivity index is 1.76. The zero-order chi connectivity index (χ0) is 16.5. The monoisotopic (exact) mass is 336 g/mol. The minimum Gasteiger partial charge on any atom is -0.481 e. The van der Waals surface area contributed by atoms with Crippen LogP contribution in [0.1, 0.15) is 0 Å². The molecule has 4 aromatic rings. The Hall–Kier alpha value is -2.86. The van der Waals surface area contributed by atoms with Crippen LogP contribution in [0.15, 0.2) is 53.5 Å². The Labute approximate surface area is 143 Å². The fourth-order valence-corrected chi connectivity index (χ4v) is 3.41. The Morgan fingerprint density at radius 2 is 2.08 bits per heavy atom. The molecule has 0 aromatic carbocycles. The fourth-order valence-electron chi connectivity index (χ4n) is 2.76. The predicted molar refractivity (Wildman–Crippen MR) is 98.1 cm³/mol. The highest BCUT2D eigenvalue weighted by Crippen LogP contribution is 2.32. The number of hydrogen-bond donors (Lipinski definition) is 1. The molecule has 0 fully saturated rings. The zero-order valence-electron chi connectivity index (χ0n) is 13.4. The second-order valence-electron chi connectivity index (χ2n) is 5.41. The third-order valence-electron chi connectivity index (χ3n) is 4.00. The lowest BCUT2D eigenvalue weighted by Gasteiger charge is -2.07. The molecule has 0 unspecified atom stereocenters. The van der Waals surface area contributed by atoms with E-state index in [1.165, 1.54) is 11.3 Å². The van der Waals surface area contributed by atoms with Crippen molar-refractivity contribution in [3.63, 3.8) is 0 Å². The Morgan fingerprint density at radius 3 is 2.79 bits per heavy atom. The van der Waals surface area contributed by atoms with Crippen molar-refractivity contribution in [2.24, 2.45) is 7.05 Å². The molecule has 4 heterocycles. The molecule has 0 aliphatic carbocycles. The van der Waals surface area contributed by atoms with E-state index >= 15 is 0 Å². The summed E-state index contributed by atoms with van der Waals surface area (Å²) < 4.78 is 7.28. The SMILES string of the molecule is COc1ccc(Nc2nccc3c2cc(-c2ccsc2)n3C)cn1. The van der Waals surface area contributed by atoms with Crippen molar-refractivity contribution in [1.82, 2.24) is 14.5 Å². The van der Waals surface area contributed by atoms with Crippen LogP contribution in [0.4, 0.5) is 11.5 Å². The highest BCUT2D eigenvalue weighted by atomic mass is 32.1. The molecular weight excluding hydrogens is 320 g/mol. The van der Waals surface area contributed by atoms with Crippen LogP contribution >= 0.6 is 11.3 Å². The van der Waals surface area contributed by atoms with Crippen LogP contribution in [-0.2, 0) is 7.05 Å². The first-order chi connectivity index (χ1) is 11.8. The van der Waals surface area contributed by atoms with E-state index in [0.29, 0.717) is 5.88 Å². The van der Waals surface area contributed by atoms with Gasteiger partial charge in [-0.2, -0.15) is 11.3 Å². The summed E-state index contributed by atoms with van der Waals surface area (Å²) in [5, 5.41) is 8.67. The third kappa shape index (κ3) is 2.51. The molecule has 1 N–H and O–H groups in total. The van der Waals surface area contributed by atoms with E-state index < -0.39 is 0 Å². The van der Waals surface area contributed by atoms with E-state index in [9.17, 15) is 0 Å². The largest absolute Gasteiger partial charge is 0.481 e. The van der Waals surface area contributed by atoms with Gasteiger partial charge < -0.3 is 14.6 Å². The van der Waals surface area contributed by atoms with Gasteiger partial charge in [-0.25, -0.2) is 9.97 Å². The van der Waals surface area contributed by atoms with Gasteiger partial charge in [-0.1, -0.05) is 0 Å². The van der Waals surface area contributed by atoms with Gasteiger partial charge in [0, 0.05) is 41.3 Å². The average Bonchev–Trinajstić information content (AvgIpc) is 3.25. The highest BCUT2D eigenvalue weighted by molar-refractivity contribution is 7.08. The maximum Gasteiger partial charge on any atom is 0.213 e. The van der Waals surface area contributed by atoms with Gasteiger partial charge in [0.15, 0.2) is 0 Å². The number of pyridine rings is 2. The zero-order valence-corrected chi connectivity index (χ0v) is 14.2. The van der Waals surface area contributed by atoms with Crippen LogP contribution in [0.2, 0.25) is 0 Å². The molecule has 4 rings (SSSR count). The Morgan fingerprint density at radius 1 is 1.17 bits per heavy atom. The molecule has 0 radical (unpaired) electrons.